The van der Waals surface area contributed by atoms with Crippen molar-refractivity contribution < 1.29 is 35.8 Å². The molecule has 0 unspecified atom stereocenters. The van der Waals surface area contributed by atoms with Crippen molar-refractivity contribution in [3.63, 3.8) is 0 Å². The van der Waals surface area contributed by atoms with Gasteiger partial charge in [-0.1, -0.05) is 18.7 Å². The SMILES string of the molecule is C=C1CC[C@@H](Oc2ccc(N3CC(=O)NS3(=O)=O)cc2)C/C=C\C=C1Oc1ccc(OCCCS(C)(=O)=O)nc1C. The molecule has 2 aliphatic rings. The number of nitrogens with one attached hydrogen (secondary N) is 1. The van der Waals surface area contributed by atoms with Crippen molar-refractivity contribution in [2.45, 2.75) is 38.7 Å². The molecule has 2 heterocycles. The Balaban J connectivity index is 1.31. The third kappa shape index (κ3) is 8.57. The fourth-order valence-electron chi connectivity index (χ4n) is 4.18. The van der Waals surface area contributed by atoms with Crippen molar-refractivity contribution >= 4 is 31.6 Å². The highest BCUT2D eigenvalue weighted by Gasteiger charge is 2.33. The summed E-state index contributed by atoms with van der Waals surface area (Å²) in [6.07, 6.45) is 9.07. The van der Waals surface area contributed by atoms with Crippen LogP contribution < -0.4 is 23.2 Å². The van der Waals surface area contributed by atoms with E-state index < -0.39 is 26.0 Å². The van der Waals surface area contributed by atoms with Gasteiger partial charge in [-0.25, -0.2) is 22.4 Å². The number of ether oxygens (including phenoxy) is 3. The van der Waals surface area contributed by atoms with Crippen LogP contribution in [0.4, 0.5) is 5.69 Å². The molecule has 0 saturated carbocycles. The standard InChI is InChI=1S/C28H33N3O8S2/c1-20-9-12-23(38-24-13-10-22(11-14-24)31-19-27(32)30-41(31,35)36)7-4-5-8-25(20)39-26-15-16-28(29-21(26)2)37-17-6-18-40(3,33)34/h4-5,8,10-11,13-16,23H,1,6-7,9,12,17-19H2,2-3H3,(H,30,32)/b5-4-,25-8?/t23-/m0/s1. The van der Waals surface area contributed by atoms with Crippen LogP contribution in [0.25, 0.3) is 0 Å². The predicted molar refractivity (Wildman–Crippen MR) is 155 cm³/mol. The van der Waals surface area contributed by atoms with Crippen molar-refractivity contribution in [1.29, 1.82) is 0 Å². The van der Waals surface area contributed by atoms with E-state index in [1.165, 1.54) is 6.26 Å². The van der Waals surface area contributed by atoms with Gasteiger partial charge in [-0.2, -0.15) is 8.42 Å². The monoisotopic (exact) mass is 603 g/mol. The van der Waals surface area contributed by atoms with E-state index in [0.29, 0.717) is 60.2 Å². The van der Waals surface area contributed by atoms with Crippen molar-refractivity contribution in [2.75, 3.05) is 29.5 Å². The molecule has 220 valence electrons. The average molecular weight is 604 g/mol. The van der Waals surface area contributed by atoms with E-state index in [9.17, 15) is 21.6 Å². The Morgan fingerprint density at radius 2 is 1.93 bits per heavy atom. The molecule has 1 atom stereocenters. The molecule has 1 aromatic heterocycles. The summed E-state index contributed by atoms with van der Waals surface area (Å²) >= 11 is 0. The van der Waals surface area contributed by atoms with Gasteiger partial charge in [0.2, 0.25) is 5.88 Å². The van der Waals surface area contributed by atoms with Crippen LogP contribution in [-0.2, 0) is 24.8 Å². The second kappa shape index (κ2) is 12.8. The second-order valence-electron chi connectivity index (χ2n) is 9.77. The Morgan fingerprint density at radius 1 is 1.17 bits per heavy atom. The number of aryl methyl sites for hydroxylation is 1. The number of amides is 1. The summed E-state index contributed by atoms with van der Waals surface area (Å²) in [5, 5.41) is 0. The molecule has 1 saturated heterocycles. The van der Waals surface area contributed by atoms with Crippen LogP contribution in [0.3, 0.4) is 0 Å². The number of carbonyl (C=O) groups is 1. The van der Waals surface area contributed by atoms with Gasteiger partial charge in [0.1, 0.15) is 39.7 Å². The summed E-state index contributed by atoms with van der Waals surface area (Å²) in [4.78, 5) is 15.9. The molecule has 11 nitrogen and oxygen atoms in total. The number of sulfone groups is 1. The lowest BCUT2D eigenvalue weighted by molar-refractivity contribution is -0.117. The van der Waals surface area contributed by atoms with Crippen molar-refractivity contribution in [3.05, 3.63) is 78.2 Å². The Labute approximate surface area is 240 Å². The summed E-state index contributed by atoms with van der Waals surface area (Å²) in [7, 11) is -6.89. The third-order valence-electron chi connectivity index (χ3n) is 6.29. The predicted octanol–water partition coefficient (Wildman–Crippen LogP) is 3.39. The fraction of sp³-hybridized carbons (Fsp3) is 0.357. The first-order valence-electron chi connectivity index (χ1n) is 13.0. The Bertz CT molecular complexity index is 1570. The highest BCUT2D eigenvalue weighted by atomic mass is 32.2. The minimum Gasteiger partial charge on any atom is -0.490 e. The second-order valence-corrected chi connectivity index (χ2v) is 13.6. The third-order valence-corrected chi connectivity index (χ3v) is 8.72. The summed E-state index contributed by atoms with van der Waals surface area (Å²) in [6.45, 7) is 5.99. The topological polar surface area (TPSA) is 141 Å². The molecule has 4 rings (SSSR count). The van der Waals surface area contributed by atoms with Crippen LogP contribution in [0.1, 0.15) is 31.4 Å². The largest absolute Gasteiger partial charge is 0.490 e. The summed E-state index contributed by atoms with van der Waals surface area (Å²) in [6, 6.07) is 10.0. The smallest absolute Gasteiger partial charge is 0.326 e. The zero-order valence-corrected chi connectivity index (χ0v) is 24.5. The van der Waals surface area contributed by atoms with Crippen molar-refractivity contribution in [1.82, 2.24) is 9.71 Å². The quantitative estimate of drug-likeness (QED) is 0.405. The molecule has 0 bridgehead atoms. The van der Waals surface area contributed by atoms with Crippen LogP contribution in [0.5, 0.6) is 17.4 Å². The minimum absolute atomic E-state index is 0.0569. The van der Waals surface area contributed by atoms with Gasteiger partial charge in [0, 0.05) is 18.7 Å². The van der Waals surface area contributed by atoms with Gasteiger partial charge >= 0.3 is 10.2 Å². The molecule has 0 spiro atoms. The van der Waals surface area contributed by atoms with Crippen LogP contribution in [0.2, 0.25) is 0 Å². The number of allylic oxidation sites excluding steroid dienone is 3. The first-order valence-corrected chi connectivity index (χ1v) is 16.5. The van der Waals surface area contributed by atoms with E-state index in [0.717, 1.165) is 9.88 Å². The summed E-state index contributed by atoms with van der Waals surface area (Å²) in [5.74, 6) is 1.62. The maximum Gasteiger partial charge on any atom is 0.326 e. The maximum atomic E-state index is 12.1. The van der Waals surface area contributed by atoms with Crippen LogP contribution in [0, 0.1) is 6.92 Å². The van der Waals surface area contributed by atoms with E-state index in [1.807, 2.05) is 23.0 Å². The normalized spacial score (nSPS) is 19.8. The number of nitrogens with zero attached hydrogens (tertiary/aromatic N) is 2. The van der Waals surface area contributed by atoms with Gasteiger partial charge in [0.25, 0.3) is 5.91 Å². The number of pyridine rings is 1. The fourth-order valence-corrected chi connectivity index (χ4v) is 5.97. The van der Waals surface area contributed by atoms with Crippen LogP contribution >= 0.6 is 0 Å². The first-order chi connectivity index (χ1) is 19.4. The number of hydrogen-bond acceptors (Lipinski definition) is 9. The van der Waals surface area contributed by atoms with Gasteiger partial charge < -0.3 is 14.2 Å². The molecule has 1 fully saturated rings. The van der Waals surface area contributed by atoms with Crippen LogP contribution in [0.15, 0.2) is 72.5 Å². The van der Waals surface area contributed by atoms with E-state index in [4.69, 9.17) is 14.2 Å². The van der Waals surface area contributed by atoms with Crippen molar-refractivity contribution in [3.8, 4) is 17.4 Å². The summed E-state index contributed by atoms with van der Waals surface area (Å²) in [5.41, 5.74) is 1.79. The average Bonchev–Trinajstić information content (AvgIpc) is 3.22. The summed E-state index contributed by atoms with van der Waals surface area (Å²) < 4.78 is 67.5. The molecule has 13 heteroatoms. The lowest BCUT2D eigenvalue weighted by atomic mass is 10.1. The van der Waals surface area contributed by atoms with Gasteiger partial charge in [0.05, 0.1) is 23.7 Å². The number of aromatic nitrogens is 1. The number of benzene rings is 1. The van der Waals surface area contributed by atoms with Gasteiger partial charge in [0.15, 0.2) is 0 Å². The zero-order chi connectivity index (χ0) is 29.6. The van der Waals surface area contributed by atoms with Gasteiger partial charge in [-0.05, 0) is 68.2 Å². The molecule has 1 amide bonds. The lowest BCUT2D eigenvalue weighted by Crippen LogP contribution is -2.29. The molecule has 1 aliphatic carbocycles. The van der Waals surface area contributed by atoms with Crippen molar-refractivity contribution in [2.24, 2.45) is 0 Å². The first kappa shape index (κ1) is 30.1. The van der Waals surface area contributed by atoms with Crippen LogP contribution in [-0.4, -0.2) is 59.0 Å². The Hall–Kier alpha value is -3.84. The molecule has 0 radical (unpaired) electrons. The number of anilines is 1. The molecule has 1 aromatic carbocycles. The number of carbonyl (C=O) groups excluding carboxylic acids is 1. The highest BCUT2D eigenvalue weighted by Crippen LogP contribution is 2.29. The molecule has 1 N–H and O–H groups in total. The lowest BCUT2D eigenvalue weighted by Gasteiger charge is -2.20. The molecular formula is C28H33N3O8S2. The Kier molecular flexibility index (Phi) is 9.38. The van der Waals surface area contributed by atoms with E-state index in [2.05, 4.69) is 11.6 Å². The van der Waals surface area contributed by atoms with Gasteiger partial charge in [-0.3, -0.25) is 4.79 Å². The molecule has 41 heavy (non-hydrogen) atoms. The number of hydrogen-bond donors (Lipinski definition) is 1. The minimum atomic E-state index is -3.86. The Morgan fingerprint density at radius 3 is 2.59 bits per heavy atom. The number of rotatable bonds is 10. The molecule has 2 aromatic rings. The van der Waals surface area contributed by atoms with E-state index in [-0.39, 0.29) is 25.0 Å². The molecule has 1 aliphatic heterocycles. The highest BCUT2D eigenvalue weighted by molar-refractivity contribution is 7.92. The zero-order valence-electron chi connectivity index (χ0n) is 22.9. The molecular weight excluding hydrogens is 570 g/mol. The van der Waals surface area contributed by atoms with E-state index >= 15 is 0 Å². The van der Waals surface area contributed by atoms with Gasteiger partial charge in [-0.15, -0.1) is 0 Å². The maximum absolute atomic E-state index is 12.1. The van der Waals surface area contributed by atoms with E-state index in [1.54, 1.807) is 43.3 Å².